The van der Waals surface area contributed by atoms with E-state index in [1.54, 1.807) is 22.3 Å². The van der Waals surface area contributed by atoms with Gasteiger partial charge in [0.25, 0.3) is 0 Å². The van der Waals surface area contributed by atoms with E-state index >= 15 is 0 Å². The maximum Gasteiger partial charge on any atom is 0.0705 e. The van der Waals surface area contributed by atoms with Crippen LogP contribution in [0, 0.1) is 0 Å². The van der Waals surface area contributed by atoms with E-state index in [2.05, 4.69) is 44.3 Å². The molecular weight excluding hydrogens is 302 g/mol. The molecule has 0 saturated heterocycles. The molecule has 7 rings (SSSR count). The monoisotopic (exact) mass is 329 g/mol. The molecule has 0 N–H and O–H groups in total. The molecule has 2 unspecified atom stereocenters. The molecule has 1 aromatic carbocycles. The lowest BCUT2D eigenvalue weighted by molar-refractivity contribution is 0.188. The van der Waals surface area contributed by atoms with Gasteiger partial charge in [-0.1, -0.05) is 26.0 Å². The van der Waals surface area contributed by atoms with Gasteiger partial charge < -0.3 is 0 Å². The van der Waals surface area contributed by atoms with Crippen molar-refractivity contribution in [1.29, 1.82) is 0 Å². The molecule has 4 bridgehead atoms. The van der Waals surface area contributed by atoms with Crippen LogP contribution in [0.1, 0.15) is 92.9 Å². The minimum absolute atomic E-state index is 0.388. The summed E-state index contributed by atoms with van der Waals surface area (Å²) >= 11 is 0. The van der Waals surface area contributed by atoms with Crippen molar-refractivity contribution in [2.24, 2.45) is 0 Å². The predicted molar refractivity (Wildman–Crippen MR) is 102 cm³/mol. The summed E-state index contributed by atoms with van der Waals surface area (Å²) in [5.74, 6) is 1.62. The molecule has 0 radical (unpaired) electrons. The van der Waals surface area contributed by atoms with Crippen LogP contribution < -0.4 is 0 Å². The maximum absolute atomic E-state index is 4.89. The van der Waals surface area contributed by atoms with Gasteiger partial charge in [-0.25, -0.2) is 0 Å². The molecule has 1 heterocycles. The minimum Gasteiger partial charge on any atom is -0.256 e. The Kier molecular flexibility index (Phi) is 2.65. The number of benzene rings is 1. The van der Waals surface area contributed by atoms with E-state index in [4.69, 9.17) is 4.98 Å². The average molecular weight is 329 g/mol. The van der Waals surface area contributed by atoms with Crippen LogP contribution in [0.4, 0.5) is 0 Å². The molecule has 2 fully saturated rings. The van der Waals surface area contributed by atoms with E-state index in [0.29, 0.717) is 10.8 Å². The Morgan fingerprint density at radius 2 is 1.52 bits per heavy atom. The molecule has 0 spiro atoms. The third-order valence-electron chi connectivity index (χ3n) is 8.35. The molecule has 1 nitrogen and oxygen atoms in total. The fourth-order valence-corrected chi connectivity index (χ4v) is 6.50. The zero-order chi connectivity index (χ0) is 16.8. The fraction of sp³-hybridized carbons (Fsp3) is 0.542. The quantitative estimate of drug-likeness (QED) is 0.605. The summed E-state index contributed by atoms with van der Waals surface area (Å²) in [7, 11) is 0. The van der Waals surface area contributed by atoms with Crippen molar-refractivity contribution in [3.63, 3.8) is 0 Å². The Morgan fingerprint density at radius 3 is 2.28 bits per heavy atom. The van der Waals surface area contributed by atoms with Gasteiger partial charge in [0.15, 0.2) is 0 Å². The number of hydrogen-bond donors (Lipinski definition) is 0. The standard InChI is InChI=1S/C24H27N/c1-23-7-9-24(2,10-8-23)21-12-17(5-6-20(21)23)22-13-18-15-3-4-16(11-15)19(18)14-25-22/h5-6,12-16H,3-4,7-11H2,1-2H3. The van der Waals surface area contributed by atoms with Gasteiger partial charge in [0.2, 0.25) is 0 Å². The second kappa shape index (κ2) is 4.55. The number of hydrogen-bond acceptors (Lipinski definition) is 1. The first-order valence-electron chi connectivity index (χ1n) is 10.2. The smallest absolute Gasteiger partial charge is 0.0705 e. The van der Waals surface area contributed by atoms with Gasteiger partial charge in [-0.3, -0.25) is 4.98 Å². The van der Waals surface area contributed by atoms with Crippen LogP contribution >= 0.6 is 0 Å². The SMILES string of the molecule is CC12CCC(C)(CC1)c1cc(-c3cc4c(cn3)C3CCC4C3)ccc12. The van der Waals surface area contributed by atoms with Crippen molar-refractivity contribution in [1.82, 2.24) is 4.98 Å². The highest BCUT2D eigenvalue weighted by atomic mass is 14.7. The van der Waals surface area contributed by atoms with Gasteiger partial charge in [0.1, 0.15) is 0 Å². The van der Waals surface area contributed by atoms with E-state index in [9.17, 15) is 0 Å². The van der Waals surface area contributed by atoms with Crippen molar-refractivity contribution in [2.45, 2.75) is 81.5 Å². The Labute approximate surface area is 150 Å². The normalized spacial score (nSPS) is 37.2. The summed E-state index contributed by atoms with van der Waals surface area (Å²) in [5.41, 5.74) is 9.74. The highest BCUT2D eigenvalue weighted by Gasteiger charge is 2.47. The molecule has 1 aromatic heterocycles. The van der Waals surface area contributed by atoms with Gasteiger partial charge in [-0.15, -0.1) is 0 Å². The van der Waals surface area contributed by atoms with E-state index in [-0.39, 0.29) is 0 Å². The van der Waals surface area contributed by atoms with E-state index in [1.807, 2.05) is 0 Å². The first-order chi connectivity index (χ1) is 12.1. The molecule has 0 amide bonds. The summed E-state index contributed by atoms with van der Waals surface area (Å²) in [6, 6.07) is 9.69. The summed E-state index contributed by atoms with van der Waals surface area (Å²) < 4.78 is 0. The van der Waals surface area contributed by atoms with Crippen LogP contribution in [0.2, 0.25) is 0 Å². The summed E-state index contributed by atoms with van der Waals surface area (Å²) in [6.45, 7) is 4.97. The topological polar surface area (TPSA) is 12.9 Å². The molecular formula is C24H27N. The van der Waals surface area contributed by atoms with Crippen LogP contribution in [0.15, 0.2) is 30.5 Å². The van der Waals surface area contributed by atoms with Crippen LogP contribution in [-0.2, 0) is 10.8 Å². The Balaban J connectivity index is 1.48. The third-order valence-corrected chi connectivity index (χ3v) is 8.35. The van der Waals surface area contributed by atoms with Crippen molar-refractivity contribution in [3.05, 3.63) is 52.7 Å². The molecule has 0 aliphatic heterocycles. The minimum atomic E-state index is 0.388. The van der Waals surface area contributed by atoms with Crippen molar-refractivity contribution >= 4 is 0 Å². The van der Waals surface area contributed by atoms with Crippen LogP contribution in [0.3, 0.4) is 0 Å². The second-order valence-corrected chi connectivity index (χ2v) is 9.79. The third kappa shape index (κ3) is 1.82. The zero-order valence-electron chi connectivity index (χ0n) is 15.4. The van der Waals surface area contributed by atoms with E-state index in [0.717, 1.165) is 11.8 Å². The van der Waals surface area contributed by atoms with Gasteiger partial charge in [0.05, 0.1) is 5.69 Å². The molecule has 25 heavy (non-hydrogen) atoms. The average Bonchev–Trinajstić information content (AvgIpc) is 3.25. The van der Waals surface area contributed by atoms with Crippen molar-refractivity contribution in [2.75, 3.05) is 0 Å². The second-order valence-electron chi connectivity index (χ2n) is 9.79. The lowest BCUT2D eigenvalue weighted by Crippen LogP contribution is -2.44. The van der Waals surface area contributed by atoms with Crippen molar-refractivity contribution in [3.8, 4) is 11.3 Å². The van der Waals surface area contributed by atoms with Crippen LogP contribution in [0.25, 0.3) is 11.3 Å². The molecule has 1 heteroatoms. The Hall–Kier alpha value is -1.63. The number of fused-ring (bicyclic) bond motifs is 7. The Bertz CT molecular complexity index is 885. The van der Waals surface area contributed by atoms with E-state index in [1.165, 1.54) is 56.2 Å². The molecule has 2 aromatic rings. The van der Waals surface area contributed by atoms with Crippen LogP contribution in [-0.4, -0.2) is 4.98 Å². The first-order valence-corrected chi connectivity index (χ1v) is 10.2. The zero-order valence-corrected chi connectivity index (χ0v) is 15.4. The maximum atomic E-state index is 4.89. The van der Waals surface area contributed by atoms with Crippen molar-refractivity contribution < 1.29 is 0 Å². The summed E-state index contributed by atoms with van der Waals surface area (Å²) in [4.78, 5) is 4.89. The predicted octanol–water partition coefficient (Wildman–Crippen LogP) is 6.22. The van der Waals surface area contributed by atoms with Crippen LogP contribution in [0.5, 0.6) is 0 Å². The molecule has 2 atom stereocenters. The van der Waals surface area contributed by atoms with Gasteiger partial charge in [-0.2, -0.15) is 0 Å². The van der Waals surface area contributed by atoms with Gasteiger partial charge >= 0.3 is 0 Å². The fourth-order valence-electron chi connectivity index (χ4n) is 6.50. The highest BCUT2D eigenvalue weighted by Crippen LogP contribution is 2.57. The Morgan fingerprint density at radius 1 is 0.840 bits per heavy atom. The number of pyridine rings is 1. The number of aromatic nitrogens is 1. The summed E-state index contributed by atoms with van der Waals surface area (Å²) in [6.07, 6.45) is 11.8. The number of rotatable bonds is 1. The molecule has 128 valence electrons. The molecule has 5 aliphatic rings. The lowest BCUT2D eigenvalue weighted by atomic mass is 9.52. The molecule has 5 aliphatic carbocycles. The summed E-state index contributed by atoms with van der Waals surface area (Å²) in [5, 5.41) is 0. The largest absolute Gasteiger partial charge is 0.256 e. The number of nitrogens with zero attached hydrogens (tertiary/aromatic N) is 1. The van der Waals surface area contributed by atoms with E-state index < -0.39 is 0 Å². The lowest BCUT2D eigenvalue weighted by Gasteiger charge is -2.52. The molecule has 2 saturated carbocycles. The highest BCUT2D eigenvalue weighted by molar-refractivity contribution is 5.65. The van der Waals surface area contributed by atoms with Gasteiger partial charge in [-0.05, 0) is 102 Å². The van der Waals surface area contributed by atoms with Gasteiger partial charge in [0, 0.05) is 11.8 Å². The first kappa shape index (κ1) is 14.5.